The molecule has 29 heavy (non-hydrogen) atoms. The molecule has 0 radical (unpaired) electrons. The molecule has 6 nitrogen and oxygen atoms in total. The third kappa shape index (κ3) is 5.49. The van der Waals surface area contributed by atoms with E-state index in [2.05, 4.69) is 15.8 Å². The second-order valence-electron chi connectivity index (χ2n) is 6.01. The lowest BCUT2D eigenvalue weighted by atomic mass is 10.1. The van der Waals surface area contributed by atoms with Gasteiger partial charge in [-0.3, -0.25) is 9.59 Å². The van der Waals surface area contributed by atoms with E-state index in [1.54, 1.807) is 49.6 Å². The summed E-state index contributed by atoms with van der Waals surface area (Å²) in [6, 6.07) is 18.8. The van der Waals surface area contributed by atoms with Crippen LogP contribution in [0.1, 0.15) is 26.3 Å². The van der Waals surface area contributed by atoms with Gasteiger partial charge in [-0.1, -0.05) is 6.07 Å². The highest BCUT2D eigenvalue weighted by Crippen LogP contribution is 2.13. The fraction of sp³-hybridized carbons (Fsp3) is 0.0455. The first-order valence-electron chi connectivity index (χ1n) is 8.69. The highest BCUT2D eigenvalue weighted by Gasteiger charge is 2.09. The van der Waals surface area contributed by atoms with E-state index in [1.165, 1.54) is 36.5 Å². The zero-order chi connectivity index (χ0) is 20.6. The van der Waals surface area contributed by atoms with Crippen molar-refractivity contribution in [3.8, 4) is 5.75 Å². The van der Waals surface area contributed by atoms with Crippen LogP contribution in [0.3, 0.4) is 0 Å². The minimum Gasteiger partial charge on any atom is -0.497 e. The van der Waals surface area contributed by atoms with Crippen molar-refractivity contribution in [2.24, 2.45) is 5.10 Å². The van der Waals surface area contributed by atoms with Crippen LogP contribution in [0, 0.1) is 5.82 Å². The normalized spacial score (nSPS) is 10.6. The molecular weight excluding hydrogens is 373 g/mol. The summed E-state index contributed by atoms with van der Waals surface area (Å²) in [7, 11) is 1.58. The van der Waals surface area contributed by atoms with Gasteiger partial charge in [0.25, 0.3) is 11.8 Å². The van der Waals surface area contributed by atoms with Crippen molar-refractivity contribution in [3.63, 3.8) is 0 Å². The van der Waals surface area contributed by atoms with Crippen molar-refractivity contribution < 1.29 is 18.7 Å². The third-order valence-electron chi connectivity index (χ3n) is 3.98. The van der Waals surface area contributed by atoms with Crippen LogP contribution in [0.15, 0.2) is 77.9 Å². The van der Waals surface area contributed by atoms with Gasteiger partial charge in [-0.2, -0.15) is 5.10 Å². The number of hydrazone groups is 1. The maximum atomic E-state index is 13.0. The number of nitrogens with zero attached hydrogens (tertiary/aromatic N) is 1. The maximum absolute atomic E-state index is 13.0. The molecule has 0 aliphatic rings. The highest BCUT2D eigenvalue weighted by atomic mass is 19.1. The average molecular weight is 391 g/mol. The summed E-state index contributed by atoms with van der Waals surface area (Å²) in [6.07, 6.45) is 1.51. The lowest BCUT2D eigenvalue weighted by molar-refractivity contribution is 0.0953. The van der Waals surface area contributed by atoms with Gasteiger partial charge in [0.1, 0.15) is 11.6 Å². The lowest BCUT2D eigenvalue weighted by Gasteiger charge is -2.07. The molecule has 3 rings (SSSR count). The van der Waals surface area contributed by atoms with Gasteiger partial charge in [-0.15, -0.1) is 0 Å². The van der Waals surface area contributed by atoms with Crippen LogP contribution in [-0.4, -0.2) is 25.1 Å². The van der Waals surface area contributed by atoms with Crippen LogP contribution in [0.2, 0.25) is 0 Å². The number of halogens is 1. The first-order chi connectivity index (χ1) is 14.0. The van der Waals surface area contributed by atoms with Gasteiger partial charge in [0.05, 0.1) is 13.3 Å². The van der Waals surface area contributed by atoms with Gasteiger partial charge in [0, 0.05) is 16.8 Å². The number of anilines is 1. The number of hydrogen-bond acceptors (Lipinski definition) is 4. The Labute approximate surface area is 167 Å². The number of rotatable bonds is 6. The predicted octanol–water partition coefficient (Wildman–Crippen LogP) is 3.85. The average Bonchev–Trinajstić information content (AvgIpc) is 2.75. The predicted molar refractivity (Wildman–Crippen MR) is 109 cm³/mol. The van der Waals surface area contributed by atoms with Gasteiger partial charge in [0.2, 0.25) is 0 Å². The number of carbonyl (C=O) groups is 2. The first kappa shape index (κ1) is 19.8. The van der Waals surface area contributed by atoms with E-state index in [0.29, 0.717) is 16.8 Å². The van der Waals surface area contributed by atoms with Crippen LogP contribution in [0.25, 0.3) is 0 Å². The van der Waals surface area contributed by atoms with Crippen LogP contribution in [-0.2, 0) is 0 Å². The molecule has 3 aromatic rings. The molecule has 0 aliphatic carbocycles. The zero-order valence-corrected chi connectivity index (χ0v) is 15.6. The minimum absolute atomic E-state index is 0.311. The molecule has 0 saturated heterocycles. The Bertz CT molecular complexity index is 1030. The number of benzene rings is 3. The Morgan fingerprint density at radius 1 is 0.931 bits per heavy atom. The van der Waals surface area contributed by atoms with Crippen molar-refractivity contribution in [3.05, 3.63) is 95.3 Å². The minimum atomic E-state index is -0.423. The van der Waals surface area contributed by atoms with Gasteiger partial charge in [-0.05, 0) is 72.3 Å². The van der Waals surface area contributed by atoms with E-state index < -0.39 is 17.6 Å². The van der Waals surface area contributed by atoms with Gasteiger partial charge in [0.15, 0.2) is 0 Å². The number of carbonyl (C=O) groups excluding carboxylic acids is 2. The van der Waals surface area contributed by atoms with Crippen LogP contribution in [0.5, 0.6) is 5.75 Å². The molecule has 0 aliphatic heterocycles. The van der Waals surface area contributed by atoms with Crippen LogP contribution < -0.4 is 15.5 Å². The Balaban J connectivity index is 1.61. The molecule has 0 atom stereocenters. The van der Waals surface area contributed by atoms with E-state index in [4.69, 9.17) is 4.74 Å². The second-order valence-corrected chi connectivity index (χ2v) is 6.01. The highest BCUT2D eigenvalue weighted by molar-refractivity contribution is 6.05. The molecule has 2 N–H and O–H groups in total. The number of nitrogens with one attached hydrogen (secondary N) is 2. The molecule has 0 bridgehead atoms. The van der Waals surface area contributed by atoms with E-state index in [-0.39, 0.29) is 0 Å². The summed E-state index contributed by atoms with van der Waals surface area (Å²) in [6.45, 7) is 0. The molecule has 3 aromatic carbocycles. The quantitative estimate of drug-likeness (QED) is 0.495. The lowest BCUT2D eigenvalue weighted by Crippen LogP contribution is -2.18. The summed E-state index contributed by atoms with van der Waals surface area (Å²) in [5, 5.41) is 6.61. The number of ether oxygens (including phenoxy) is 1. The fourth-order valence-electron chi connectivity index (χ4n) is 2.46. The summed E-state index contributed by atoms with van der Waals surface area (Å²) in [4.78, 5) is 24.5. The Kier molecular flexibility index (Phi) is 6.32. The third-order valence-corrected chi connectivity index (χ3v) is 3.98. The summed E-state index contributed by atoms with van der Waals surface area (Å²) in [5.74, 6) is -0.520. The standard InChI is InChI=1S/C22H18FN3O3/c1-29-20-11-5-15(6-12-20)14-24-26-22(28)17-3-2-4-19(13-17)25-21(27)16-7-9-18(23)10-8-16/h2-14H,1H3,(H,25,27)(H,26,28)/b24-14+. The SMILES string of the molecule is COc1ccc(/C=N/NC(=O)c2cccc(NC(=O)c3ccc(F)cc3)c2)cc1. The molecule has 2 amide bonds. The number of amides is 2. The Hall–Kier alpha value is -4.00. The molecular formula is C22H18FN3O3. The first-order valence-corrected chi connectivity index (χ1v) is 8.69. The number of methoxy groups -OCH3 is 1. The molecule has 0 unspecified atom stereocenters. The van der Waals surface area contributed by atoms with Crippen LogP contribution in [0.4, 0.5) is 10.1 Å². The van der Waals surface area contributed by atoms with E-state index in [1.807, 2.05) is 0 Å². The van der Waals surface area contributed by atoms with Gasteiger partial charge in [-0.25, -0.2) is 9.82 Å². The van der Waals surface area contributed by atoms with E-state index in [0.717, 1.165) is 11.3 Å². The van der Waals surface area contributed by atoms with Crippen molar-refractivity contribution >= 4 is 23.7 Å². The maximum Gasteiger partial charge on any atom is 0.271 e. The van der Waals surface area contributed by atoms with Crippen molar-refractivity contribution in [2.75, 3.05) is 12.4 Å². The second kappa shape index (κ2) is 9.27. The van der Waals surface area contributed by atoms with Crippen molar-refractivity contribution in [2.45, 2.75) is 0 Å². The van der Waals surface area contributed by atoms with Crippen molar-refractivity contribution in [1.29, 1.82) is 0 Å². The molecule has 0 aromatic heterocycles. The monoisotopic (exact) mass is 391 g/mol. The molecule has 0 heterocycles. The summed E-state index contributed by atoms with van der Waals surface area (Å²) >= 11 is 0. The molecule has 0 spiro atoms. The largest absolute Gasteiger partial charge is 0.497 e. The molecule has 146 valence electrons. The van der Waals surface area contributed by atoms with Crippen LogP contribution >= 0.6 is 0 Å². The van der Waals surface area contributed by atoms with E-state index in [9.17, 15) is 14.0 Å². The van der Waals surface area contributed by atoms with Gasteiger partial charge < -0.3 is 10.1 Å². The zero-order valence-electron chi connectivity index (χ0n) is 15.6. The summed E-state index contributed by atoms with van der Waals surface area (Å²) < 4.78 is 18.1. The smallest absolute Gasteiger partial charge is 0.271 e. The molecule has 7 heteroatoms. The van der Waals surface area contributed by atoms with Crippen molar-refractivity contribution in [1.82, 2.24) is 5.43 Å². The number of hydrogen-bond donors (Lipinski definition) is 2. The molecule has 0 fully saturated rings. The topological polar surface area (TPSA) is 79.8 Å². The summed E-state index contributed by atoms with van der Waals surface area (Å²) in [5.41, 5.74) is 4.31. The Morgan fingerprint density at radius 3 is 2.34 bits per heavy atom. The van der Waals surface area contributed by atoms with E-state index >= 15 is 0 Å². The fourth-order valence-corrected chi connectivity index (χ4v) is 2.46. The van der Waals surface area contributed by atoms with Gasteiger partial charge >= 0.3 is 0 Å². The molecule has 0 saturated carbocycles. The Morgan fingerprint density at radius 2 is 1.66 bits per heavy atom.